The van der Waals surface area contributed by atoms with Crippen LogP contribution in [0.1, 0.15) is 30.6 Å². The van der Waals surface area contributed by atoms with Gasteiger partial charge in [-0.2, -0.15) is 0 Å². The highest BCUT2D eigenvalue weighted by atomic mass is 79.9. The molecule has 0 bridgehead atoms. The Morgan fingerprint density at radius 2 is 1.91 bits per heavy atom. The van der Waals surface area contributed by atoms with Crippen LogP contribution >= 0.6 is 27.3 Å². The van der Waals surface area contributed by atoms with Gasteiger partial charge in [0, 0.05) is 21.8 Å². The van der Waals surface area contributed by atoms with Crippen molar-refractivity contribution < 1.29 is 14.3 Å². The molecular formula is C16H16BrNO3S. The number of thiophene rings is 1. The molecule has 22 heavy (non-hydrogen) atoms. The number of carbonyl (C=O) groups excluding carboxylic acids is 2. The second-order valence-electron chi connectivity index (χ2n) is 4.48. The summed E-state index contributed by atoms with van der Waals surface area (Å²) in [4.78, 5) is 23.9. The number of esters is 1. The van der Waals surface area contributed by atoms with Crippen LogP contribution in [-0.2, 0) is 9.53 Å². The van der Waals surface area contributed by atoms with E-state index < -0.39 is 5.97 Å². The van der Waals surface area contributed by atoms with Crippen LogP contribution in [0.5, 0.6) is 0 Å². The number of rotatable bonds is 5. The van der Waals surface area contributed by atoms with Gasteiger partial charge >= 0.3 is 5.97 Å². The average molecular weight is 382 g/mol. The number of halogens is 1. The molecule has 1 aromatic heterocycles. The number of hydrogen-bond acceptors (Lipinski definition) is 4. The molecule has 1 N–H and O–H groups in total. The van der Waals surface area contributed by atoms with Crippen LogP contribution in [-0.4, -0.2) is 18.5 Å². The lowest BCUT2D eigenvalue weighted by Crippen LogP contribution is -2.13. The SMILES string of the molecule is CCOC(=O)c1c(-c2ccc(Br)cc2)csc1NC(=O)CC. The summed E-state index contributed by atoms with van der Waals surface area (Å²) in [6.45, 7) is 3.81. The Morgan fingerprint density at radius 1 is 1.23 bits per heavy atom. The fourth-order valence-electron chi connectivity index (χ4n) is 1.91. The molecule has 0 saturated heterocycles. The third kappa shape index (κ3) is 3.75. The third-order valence-corrected chi connectivity index (χ3v) is 4.42. The molecule has 6 heteroatoms. The van der Waals surface area contributed by atoms with Gasteiger partial charge in [-0.05, 0) is 24.6 Å². The van der Waals surface area contributed by atoms with Crippen LogP contribution in [0.25, 0.3) is 11.1 Å². The smallest absolute Gasteiger partial charge is 0.341 e. The molecule has 0 aliphatic carbocycles. The van der Waals surface area contributed by atoms with Gasteiger partial charge in [-0.3, -0.25) is 4.79 Å². The van der Waals surface area contributed by atoms with E-state index >= 15 is 0 Å². The fraction of sp³-hybridized carbons (Fsp3) is 0.250. The molecule has 116 valence electrons. The first kappa shape index (κ1) is 16.7. The fourth-order valence-corrected chi connectivity index (χ4v) is 3.15. The van der Waals surface area contributed by atoms with E-state index in [-0.39, 0.29) is 12.5 Å². The molecule has 0 fully saturated rings. The van der Waals surface area contributed by atoms with Crippen LogP contribution in [0.3, 0.4) is 0 Å². The molecule has 2 rings (SSSR count). The summed E-state index contributed by atoms with van der Waals surface area (Å²) in [6.07, 6.45) is 0.355. The number of hydrogen-bond donors (Lipinski definition) is 1. The highest BCUT2D eigenvalue weighted by molar-refractivity contribution is 9.10. The molecule has 4 nitrogen and oxygen atoms in total. The van der Waals surface area contributed by atoms with Crippen LogP contribution in [0.2, 0.25) is 0 Å². The highest BCUT2D eigenvalue weighted by Crippen LogP contribution is 2.36. The summed E-state index contributed by atoms with van der Waals surface area (Å²) in [5.41, 5.74) is 2.08. The average Bonchev–Trinajstić information content (AvgIpc) is 2.91. The summed E-state index contributed by atoms with van der Waals surface area (Å²) in [6, 6.07) is 7.65. The van der Waals surface area contributed by atoms with Crippen LogP contribution in [0.15, 0.2) is 34.1 Å². The van der Waals surface area contributed by atoms with E-state index in [1.807, 2.05) is 29.6 Å². The quantitative estimate of drug-likeness (QED) is 0.763. The predicted octanol–water partition coefficient (Wildman–Crippen LogP) is 4.70. The molecule has 0 aliphatic rings. The van der Waals surface area contributed by atoms with E-state index in [0.29, 0.717) is 17.0 Å². The van der Waals surface area contributed by atoms with Crippen LogP contribution in [0.4, 0.5) is 5.00 Å². The number of anilines is 1. The van der Waals surface area contributed by atoms with E-state index in [2.05, 4.69) is 21.2 Å². The van der Waals surface area contributed by atoms with Crippen LogP contribution < -0.4 is 5.32 Å². The van der Waals surface area contributed by atoms with Gasteiger partial charge in [0.1, 0.15) is 10.6 Å². The van der Waals surface area contributed by atoms with Gasteiger partial charge < -0.3 is 10.1 Å². The van der Waals surface area contributed by atoms with Gasteiger partial charge in [0.15, 0.2) is 0 Å². The first-order valence-electron chi connectivity index (χ1n) is 6.91. The Bertz CT molecular complexity index is 679. The van der Waals surface area contributed by atoms with E-state index in [9.17, 15) is 9.59 Å². The lowest BCUT2D eigenvalue weighted by molar-refractivity contribution is -0.115. The van der Waals surface area contributed by atoms with Gasteiger partial charge in [0.05, 0.1) is 6.61 Å². The Kier molecular flexibility index (Phi) is 5.74. The van der Waals surface area contributed by atoms with Crippen molar-refractivity contribution in [1.82, 2.24) is 0 Å². The third-order valence-electron chi connectivity index (χ3n) is 3.00. The summed E-state index contributed by atoms with van der Waals surface area (Å²) in [7, 11) is 0. The Balaban J connectivity index is 2.47. The molecule has 0 atom stereocenters. The summed E-state index contributed by atoms with van der Waals surface area (Å²) < 4.78 is 6.10. The maximum atomic E-state index is 12.3. The largest absolute Gasteiger partial charge is 0.462 e. The summed E-state index contributed by atoms with van der Waals surface area (Å²) >= 11 is 4.72. The molecule has 2 aromatic rings. The van der Waals surface area contributed by atoms with Gasteiger partial charge in [0.2, 0.25) is 5.91 Å². The van der Waals surface area contributed by atoms with Crippen molar-refractivity contribution in [2.75, 3.05) is 11.9 Å². The van der Waals surface area contributed by atoms with Crippen molar-refractivity contribution in [3.05, 3.63) is 39.7 Å². The normalized spacial score (nSPS) is 10.3. The topological polar surface area (TPSA) is 55.4 Å². The molecule has 0 aliphatic heterocycles. The molecule has 1 aromatic carbocycles. The zero-order valence-electron chi connectivity index (χ0n) is 12.3. The van der Waals surface area contributed by atoms with Crippen molar-refractivity contribution in [2.45, 2.75) is 20.3 Å². The van der Waals surface area contributed by atoms with E-state index in [1.165, 1.54) is 11.3 Å². The van der Waals surface area contributed by atoms with Crippen molar-refractivity contribution in [3.8, 4) is 11.1 Å². The Hall–Kier alpha value is -1.66. The van der Waals surface area contributed by atoms with Crippen molar-refractivity contribution >= 4 is 44.1 Å². The van der Waals surface area contributed by atoms with Crippen LogP contribution in [0, 0.1) is 0 Å². The Labute approximate surface area is 141 Å². The van der Waals surface area contributed by atoms with E-state index in [1.54, 1.807) is 13.8 Å². The zero-order chi connectivity index (χ0) is 16.1. The minimum Gasteiger partial charge on any atom is -0.462 e. The highest BCUT2D eigenvalue weighted by Gasteiger charge is 2.22. The lowest BCUT2D eigenvalue weighted by Gasteiger charge is -2.08. The number of benzene rings is 1. The standard InChI is InChI=1S/C16H16BrNO3S/c1-3-13(19)18-15-14(16(20)21-4-2)12(9-22-15)10-5-7-11(17)8-6-10/h5-9H,3-4H2,1-2H3,(H,18,19). The molecular weight excluding hydrogens is 366 g/mol. The summed E-state index contributed by atoms with van der Waals surface area (Å²) in [5, 5.41) is 5.16. The number of amides is 1. The number of carbonyl (C=O) groups is 2. The predicted molar refractivity (Wildman–Crippen MR) is 92.3 cm³/mol. The Morgan fingerprint density at radius 3 is 2.50 bits per heavy atom. The second kappa shape index (κ2) is 7.56. The van der Waals surface area contributed by atoms with Crippen molar-refractivity contribution in [2.24, 2.45) is 0 Å². The van der Waals surface area contributed by atoms with E-state index in [0.717, 1.165) is 15.6 Å². The molecule has 0 radical (unpaired) electrons. The summed E-state index contributed by atoms with van der Waals surface area (Å²) in [5.74, 6) is -0.553. The second-order valence-corrected chi connectivity index (χ2v) is 6.28. The van der Waals surface area contributed by atoms with Gasteiger partial charge in [-0.25, -0.2) is 4.79 Å². The molecule has 0 saturated carbocycles. The number of ether oxygens (including phenoxy) is 1. The van der Waals surface area contributed by atoms with Gasteiger partial charge in [-0.15, -0.1) is 11.3 Å². The minimum absolute atomic E-state index is 0.130. The number of nitrogens with one attached hydrogen (secondary N) is 1. The molecule has 0 unspecified atom stereocenters. The lowest BCUT2D eigenvalue weighted by atomic mass is 10.0. The molecule has 1 amide bonds. The van der Waals surface area contributed by atoms with Crippen molar-refractivity contribution in [1.29, 1.82) is 0 Å². The molecule has 1 heterocycles. The minimum atomic E-state index is -0.423. The zero-order valence-corrected chi connectivity index (χ0v) is 14.7. The van der Waals surface area contributed by atoms with Crippen molar-refractivity contribution in [3.63, 3.8) is 0 Å². The van der Waals surface area contributed by atoms with Gasteiger partial charge in [0.25, 0.3) is 0 Å². The van der Waals surface area contributed by atoms with E-state index in [4.69, 9.17) is 4.74 Å². The molecule has 0 spiro atoms. The first-order valence-corrected chi connectivity index (χ1v) is 8.58. The first-order chi connectivity index (χ1) is 10.6. The monoisotopic (exact) mass is 381 g/mol. The van der Waals surface area contributed by atoms with Gasteiger partial charge in [-0.1, -0.05) is 35.0 Å². The maximum Gasteiger partial charge on any atom is 0.341 e. The maximum absolute atomic E-state index is 12.3.